The van der Waals surface area contributed by atoms with Crippen LogP contribution in [0, 0.1) is 6.92 Å². The van der Waals surface area contributed by atoms with Gasteiger partial charge < -0.3 is 10.2 Å². The molecule has 24 heavy (non-hydrogen) atoms. The summed E-state index contributed by atoms with van der Waals surface area (Å²) in [4.78, 5) is 10.8. The number of unbranched alkanes of at least 4 members (excludes halogenated alkanes) is 1. The van der Waals surface area contributed by atoms with E-state index >= 15 is 0 Å². The Balaban J connectivity index is 2.16. The fourth-order valence-electron chi connectivity index (χ4n) is 2.17. The van der Waals surface area contributed by atoms with Gasteiger partial charge in [-0.1, -0.05) is 13.3 Å². The van der Waals surface area contributed by atoms with Crippen LogP contribution in [0.25, 0.3) is 0 Å². The summed E-state index contributed by atoms with van der Waals surface area (Å²) in [6.07, 6.45) is -2.22. The summed E-state index contributed by atoms with van der Waals surface area (Å²) < 4.78 is 37.8. The molecule has 2 aromatic rings. The molecule has 1 N–H and O–H groups in total. The van der Waals surface area contributed by atoms with Gasteiger partial charge in [0.2, 0.25) is 5.95 Å². The number of aryl methyl sites for hydroxylation is 1. The van der Waals surface area contributed by atoms with Crippen LogP contribution in [-0.2, 0) is 6.18 Å². The molecule has 1 aromatic heterocycles. The molecule has 0 unspecified atom stereocenters. The first-order valence-electron chi connectivity index (χ1n) is 7.80. The molecule has 0 spiro atoms. The van der Waals surface area contributed by atoms with Crippen molar-refractivity contribution in [2.75, 3.05) is 23.8 Å². The molecule has 0 aliphatic heterocycles. The average molecular weight is 338 g/mol. The highest BCUT2D eigenvalue weighted by Crippen LogP contribution is 2.30. The zero-order valence-electron chi connectivity index (χ0n) is 14.0. The molecule has 1 heterocycles. The number of nitrogens with zero attached hydrogens (tertiary/aromatic N) is 3. The van der Waals surface area contributed by atoms with Gasteiger partial charge in [-0.3, -0.25) is 0 Å². The molecule has 0 saturated carbocycles. The van der Waals surface area contributed by atoms with Crippen LogP contribution in [0.5, 0.6) is 0 Å². The predicted octanol–water partition coefficient (Wildman–Crippen LogP) is 4.78. The summed E-state index contributed by atoms with van der Waals surface area (Å²) in [6, 6.07) is 6.63. The number of rotatable bonds is 6. The van der Waals surface area contributed by atoms with Gasteiger partial charge in [-0.2, -0.15) is 18.2 Å². The largest absolute Gasteiger partial charge is 0.416 e. The fraction of sp³-hybridized carbons (Fsp3) is 0.412. The fourth-order valence-corrected chi connectivity index (χ4v) is 2.17. The molecule has 0 radical (unpaired) electrons. The smallest absolute Gasteiger partial charge is 0.344 e. The molecular formula is C17H21F3N4. The number of hydrogen-bond donors (Lipinski definition) is 1. The third kappa shape index (κ3) is 4.84. The number of alkyl halides is 3. The van der Waals surface area contributed by atoms with Crippen molar-refractivity contribution in [3.05, 3.63) is 41.6 Å². The molecule has 130 valence electrons. The zero-order valence-corrected chi connectivity index (χ0v) is 14.0. The lowest BCUT2D eigenvalue weighted by Gasteiger charge is -2.18. The third-order valence-corrected chi connectivity index (χ3v) is 3.52. The summed E-state index contributed by atoms with van der Waals surface area (Å²) in [5.74, 6) is 1.15. The van der Waals surface area contributed by atoms with Gasteiger partial charge in [0, 0.05) is 31.0 Å². The molecule has 1 aromatic carbocycles. The normalized spacial score (nSPS) is 11.4. The minimum atomic E-state index is -4.33. The minimum absolute atomic E-state index is 0.545. The van der Waals surface area contributed by atoms with E-state index in [1.54, 1.807) is 6.07 Å². The van der Waals surface area contributed by atoms with Crippen molar-refractivity contribution in [3.8, 4) is 0 Å². The molecule has 2 rings (SSSR count). The predicted molar refractivity (Wildman–Crippen MR) is 89.7 cm³/mol. The van der Waals surface area contributed by atoms with Crippen LogP contribution in [0.15, 0.2) is 30.3 Å². The first kappa shape index (κ1) is 18.0. The number of anilines is 3. The van der Waals surface area contributed by atoms with E-state index < -0.39 is 11.7 Å². The van der Waals surface area contributed by atoms with E-state index in [1.165, 1.54) is 12.1 Å². The highest BCUT2D eigenvalue weighted by atomic mass is 19.4. The Morgan fingerprint density at radius 3 is 2.38 bits per heavy atom. The molecule has 0 bridgehead atoms. The van der Waals surface area contributed by atoms with Gasteiger partial charge >= 0.3 is 6.18 Å². The summed E-state index contributed by atoms with van der Waals surface area (Å²) in [7, 11) is 1.92. The maximum atomic E-state index is 12.6. The molecule has 4 nitrogen and oxygen atoms in total. The van der Waals surface area contributed by atoms with Crippen molar-refractivity contribution in [3.63, 3.8) is 0 Å². The minimum Gasteiger partial charge on any atom is -0.344 e. The van der Waals surface area contributed by atoms with Crippen molar-refractivity contribution >= 4 is 17.5 Å². The quantitative estimate of drug-likeness (QED) is 0.823. The van der Waals surface area contributed by atoms with Crippen LogP contribution in [-0.4, -0.2) is 23.6 Å². The average Bonchev–Trinajstić information content (AvgIpc) is 2.51. The van der Waals surface area contributed by atoms with E-state index in [4.69, 9.17) is 0 Å². The lowest BCUT2D eigenvalue weighted by molar-refractivity contribution is -0.137. The molecule has 0 aliphatic carbocycles. The first-order valence-corrected chi connectivity index (χ1v) is 7.80. The van der Waals surface area contributed by atoms with Gasteiger partial charge in [-0.15, -0.1) is 0 Å². The van der Waals surface area contributed by atoms with Crippen molar-refractivity contribution in [1.29, 1.82) is 0 Å². The highest BCUT2D eigenvalue weighted by Gasteiger charge is 2.29. The van der Waals surface area contributed by atoms with Gasteiger partial charge in [-0.25, -0.2) is 4.98 Å². The highest BCUT2D eigenvalue weighted by molar-refractivity contribution is 5.58. The topological polar surface area (TPSA) is 41.1 Å². The van der Waals surface area contributed by atoms with E-state index in [2.05, 4.69) is 22.2 Å². The van der Waals surface area contributed by atoms with Crippen LogP contribution in [0.4, 0.5) is 30.6 Å². The second-order valence-corrected chi connectivity index (χ2v) is 5.67. The monoisotopic (exact) mass is 338 g/mol. The second-order valence-electron chi connectivity index (χ2n) is 5.67. The number of benzene rings is 1. The Morgan fingerprint density at radius 2 is 1.79 bits per heavy atom. The molecular weight excluding hydrogens is 317 g/mol. The maximum Gasteiger partial charge on any atom is 0.416 e. The number of nitrogens with one attached hydrogen (secondary N) is 1. The van der Waals surface area contributed by atoms with Gasteiger partial charge in [0.15, 0.2) is 0 Å². The Morgan fingerprint density at radius 1 is 1.12 bits per heavy atom. The molecule has 7 heteroatoms. The lowest BCUT2D eigenvalue weighted by Crippen LogP contribution is -2.21. The maximum absolute atomic E-state index is 12.6. The summed E-state index contributed by atoms with van der Waals surface area (Å²) >= 11 is 0. The number of halogens is 3. The van der Waals surface area contributed by atoms with Crippen LogP contribution < -0.4 is 10.2 Å². The van der Waals surface area contributed by atoms with Gasteiger partial charge in [0.25, 0.3) is 0 Å². The second kappa shape index (κ2) is 7.51. The molecule has 0 fully saturated rings. The molecule has 0 amide bonds. The van der Waals surface area contributed by atoms with Crippen LogP contribution in [0.2, 0.25) is 0 Å². The van der Waals surface area contributed by atoms with Crippen molar-refractivity contribution < 1.29 is 13.2 Å². The van der Waals surface area contributed by atoms with E-state index in [9.17, 15) is 13.2 Å². The van der Waals surface area contributed by atoms with E-state index in [0.29, 0.717) is 17.5 Å². The van der Waals surface area contributed by atoms with Crippen LogP contribution >= 0.6 is 0 Å². The zero-order chi connectivity index (χ0) is 17.7. The van der Waals surface area contributed by atoms with Crippen LogP contribution in [0.3, 0.4) is 0 Å². The molecule has 0 atom stereocenters. The Bertz CT molecular complexity index is 669. The molecule has 0 aliphatic rings. The van der Waals surface area contributed by atoms with E-state index in [0.717, 1.165) is 37.2 Å². The van der Waals surface area contributed by atoms with E-state index in [-0.39, 0.29) is 0 Å². The van der Waals surface area contributed by atoms with Crippen molar-refractivity contribution in [2.24, 2.45) is 0 Å². The van der Waals surface area contributed by atoms with Gasteiger partial charge in [0.05, 0.1) is 5.56 Å². The Kier molecular flexibility index (Phi) is 5.64. The first-order chi connectivity index (χ1) is 11.3. The third-order valence-electron chi connectivity index (χ3n) is 3.52. The molecule has 0 saturated heterocycles. The van der Waals surface area contributed by atoms with Crippen molar-refractivity contribution in [2.45, 2.75) is 32.9 Å². The summed E-state index contributed by atoms with van der Waals surface area (Å²) in [5.41, 5.74) is 0.660. The van der Waals surface area contributed by atoms with Crippen LogP contribution in [0.1, 0.15) is 31.0 Å². The van der Waals surface area contributed by atoms with Gasteiger partial charge in [-0.05, 0) is 37.6 Å². The standard InChI is InChI=1S/C17H21F3N4/c1-4-5-10-24(3)16-21-12(2)11-15(23-16)22-14-8-6-13(7-9-14)17(18,19)20/h6-9,11H,4-5,10H2,1-3H3,(H,21,22,23). The summed E-state index contributed by atoms with van der Waals surface area (Å²) in [5, 5.41) is 3.03. The van der Waals surface area contributed by atoms with E-state index in [1.807, 2.05) is 18.9 Å². The lowest BCUT2D eigenvalue weighted by atomic mass is 10.2. The SMILES string of the molecule is CCCCN(C)c1nc(C)cc(Nc2ccc(C(F)(F)F)cc2)n1. The number of hydrogen-bond acceptors (Lipinski definition) is 4. The number of aromatic nitrogens is 2. The summed E-state index contributed by atoms with van der Waals surface area (Å²) in [6.45, 7) is 4.82. The Labute approximate surface area is 139 Å². The Hall–Kier alpha value is -2.31. The van der Waals surface area contributed by atoms with Gasteiger partial charge in [0.1, 0.15) is 5.82 Å². The van der Waals surface area contributed by atoms with Crippen molar-refractivity contribution in [1.82, 2.24) is 9.97 Å².